The Morgan fingerprint density at radius 3 is 1.92 bits per heavy atom. The van der Waals surface area contributed by atoms with Crippen LogP contribution in [0.2, 0.25) is 0 Å². The molecule has 0 aromatic carbocycles. The smallest absolute Gasteiger partial charge is 0.309 e. The van der Waals surface area contributed by atoms with E-state index in [1.807, 2.05) is 13.8 Å². The second-order valence-corrected chi connectivity index (χ2v) is 6.90. The molecular formula is C22H42O4. The normalized spacial score (nSPS) is 22.8. The second-order valence-electron chi connectivity index (χ2n) is 6.90. The highest BCUT2D eigenvalue weighted by molar-refractivity contribution is 5.75. The zero-order valence-corrected chi connectivity index (χ0v) is 16.7. The lowest BCUT2D eigenvalue weighted by atomic mass is 9.68. The molecule has 3 atom stereocenters. The van der Waals surface area contributed by atoms with E-state index in [-0.39, 0.29) is 12.8 Å². The van der Waals surface area contributed by atoms with Gasteiger partial charge >= 0.3 is 11.9 Å². The van der Waals surface area contributed by atoms with Crippen LogP contribution in [0.25, 0.3) is 0 Å². The van der Waals surface area contributed by atoms with Gasteiger partial charge in [-0.05, 0) is 37.4 Å². The van der Waals surface area contributed by atoms with Crippen LogP contribution < -0.4 is 0 Å². The van der Waals surface area contributed by atoms with Crippen LogP contribution in [0.3, 0.4) is 0 Å². The Bertz CT molecular complexity index is 684. The number of hydrogen-bond acceptors (Lipinski definition) is 2. The molecule has 0 fully saturated rings. The van der Waals surface area contributed by atoms with Crippen LogP contribution in [0.4, 0.5) is 0 Å². The van der Waals surface area contributed by atoms with Gasteiger partial charge in [0, 0.05) is 17.3 Å². The van der Waals surface area contributed by atoms with Crippen molar-refractivity contribution < 1.29 is 30.8 Å². The Labute approximate surface area is 172 Å². The fourth-order valence-electron chi connectivity index (χ4n) is 3.09. The van der Waals surface area contributed by atoms with Gasteiger partial charge in [0.2, 0.25) is 0 Å². The largest absolute Gasteiger partial charge is 0.481 e. The molecule has 0 aliphatic carbocycles. The number of hydrogen-bond donors (Lipinski definition) is 2. The molecule has 4 heteroatoms. The monoisotopic (exact) mass is 378 g/mol. The first kappa shape index (κ1) is 14.0. The summed E-state index contributed by atoms with van der Waals surface area (Å²) < 4.78 is 67.6. The summed E-state index contributed by atoms with van der Waals surface area (Å²) in [5, 5.41) is 19.8. The maximum Gasteiger partial charge on any atom is 0.309 e. The van der Waals surface area contributed by atoms with Crippen molar-refractivity contribution in [1.29, 1.82) is 0 Å². The summed E-state index contributed by atoms with van der Waals surface area (Å²) in [5.41, 5.74) is -3.03. The van der Waals surface area contributed by atoms with Crippen LogP contribution in [-0.4, -0.2) is 22.2 Å². The SMILES string of the molecule is [2H]C([2H])(C(=O)O)C([2H])([2H])C([2H])([2H])C(CC(CC)CCCC)(C(=O)O)C([2H])([2H])C(CC)CCCC. The molecule has 26 heavy (non-hydrogen) atoms. The third-order valence-corrected chi connectivity index (χ3v) is 4.80. The quantitative estimate of drug-likeness (QED) is 0.302. The van der Waals surface area contributed by atoms with Gasteiger partial charge in [-0.1, -0.05) is 79.1 Å². The molecular weight excluding hydrogens is 328 g/mol. The molecule has 0 radical (unpaired) electrons. The van der Waals surface area contributed by atoms with E-state index < -0.39 is 61.1 Å². The molecule has 0 aromatic rings. The lowest BCUT2D eigenvalue weighted by molar-refractivity contribution is -0.153. The van der Waals surface area contributed by atoms with E-state index in [9.17, 15) is 19.8 Å². The number of carboxylic acid groups (broad SMARTS) is 2. The minimum Gasteiger partial charge on any atom is -0.481 e. The number of rotatable bonds is 17. The molecule has 0 bridgehead atoms. The van der Waals surface area contributed by atoms with E-state index in [0.717, 1.165) is 6.42 Å². The van der Waals surface area contributed by atoms with Crippen LogP contribution in [0.5, 0.6) is 0 Å². The van der Waals surface area contributed by atoms with E-state index in [1.165, 1.54) is 0 Å². The maximum absolute atomic E-state index is 13.0. The standard InChI is InChI=1S/C22H42O4/c1-5-9-12-18(7-3)16-22(21(25)26,15-11-14-20(23)24)17-19(8-4)13-10-6-2/h18-19H,5-17H2,1-4H3,(H,23,24)(H,25,26)/i11D2,14D2,15D2,16D2. The van der Waals surface area contributed by atoms with E-state index in [0.29, 0.717) is 32.1 Å². The summed E-state index contributed by atoms with van der Waals surface area (Å²) in [5.74, 6) is -5.63. The Kier molecular flexibility index (Phi) is 7.57. The molecule has 0 aromatic heterocycles. The number of unbranched alkanes of at least 4 members (excludes halogenated alkanes) is 2. The zero-order valence-electron chi connectivity index (χ0n) is 24.7. The van der Waals surface area contributed by atoms with Gasteiger partial charge < -0.3 is 10.2 Å². The van der Waals surface area contributed by atoms with Crippen molar-refractivity contribution in [1.82, 2.24) is 0 Å². The molecule has 0 amide bonds. The Balaban J connectivity index is 7.33. The highest BCUT2D eigenvalue weighted by Crippen LogP contribution is 2.42. The van der Waals surface area contributed by atoms with Gasteiger partial charge in [-0.3, -0.25) is 9.59 Å². The van der Waals surface area contributed by atoms with Crippen molar-refractivity contribution in [3.05, 3.63) is 0 Å². The first-order valence-corrected chi connectivity index (χ1v) is 9.87. The van der Waals surface area contributed by atoms with Crippen LogP contribution >= 0.6 is 0 Å². The molecule has 2 N–H and O–H groups in total. The summed E-state index contributed by atoms with van der Waals surface area (Å²) in [6.45, 7) is 7.22. The van der Waals surface area contributed by atoms with Gasteiger partial charge in [0.15, 0.2) is 0 Å². The molecule has 3 unspecified atom stereocenters. The zero-order chi connectivity index (χ0) is 27.2. The van der Waals surface area contributed by atoms with Crippen molar-refractivity contribution in [3.63, 3.8) is 0 Å². The second kappa shape index (κ2) is 14.1. The summed E-state index contributed by atoms with van der Waals surface area (Å²) >= 11 is 0. The minimum absolute atomic E-state index is 0.165. The van der Waals surface area contributed by atoms with E-state index in [2.05, 4.69) is 0 Å². The summed E-state index contributed by atoms with van der Waals surface area (Å²) in [4.78, 5) is 24.6. The van der Waals surface area contributed by atoms with E-state index >= 15 is 0 Å². The van der Waals surface area contributed by atoms with Crippen LogP contribution in [0, 0.1) is 17.3 Å². The lowest BCUT2D eigenvalue weighted by Gasteiger charge is -2.36. The van der Waals surface area contributed by atoms with Crippen molar-refractivity contribution in [3.8, 4) is 0 Å². The third kappa shape index (κ3) is 9.59. The number of carboxylic acids is 2. The average molecular weight is 379 g/mol. The van der Waals surface area contributed by atoms with Gasteiger partial charge in [-0.2, -0.15) is 0 Å². The molecule has 0 rings (SSSR count). The molecule has 0 aliphatic rings. The highest BCUT2D eigenvalue weighted by atomic mass is 16.4. The van der Waals surface area contributed by atoms with Crippen LogP contribution in [0.15, 0.2) is 0 Å². The predicted molar refractivity (Wildman–Crippen MR) is 107 cm³/mol. The molecule has 154 valence electrons. The van der Waals surface area contributed by atoms with Gasteiger partial charge in [0.05, 0.1) is 5.41 Å². The van der Waals surface area contributed by atoms with Gasteiger partial charge in [0.25, 0.3) is 0 Å². The predicted octanol–water partition coefficient (Wildman–Crippen LogP) is 6.53. The first-order valence-electron chi connectivity index (χ1n) is 13.9. The average Bonchev–Trinajstić information content (AvgIpc) is 2.73. The summed E-state index contributed by atoms with van der Waals surface area (Å²) in [6.07, 6.45) is -10.8. The Morgan fingerprint density at radius 1 is 0.962 bits per heavy atom. The van der Waals surface area contributed by atoms with Crippen molar-refractivity contribution >= 4 is 11.9 Å². The van der Waals surface area contributed by atoms with Crippen molar-refractivity contribution in [2.24, 2.45) is 17.3 Å². The Hall–Kier alpha value is -1.06. The third-order valence-electron chi connectivity index (χ3n) is 4.80. The fourth-order valence-corrected chi connectivity index (χ4v) is 3.09. The fraction of sp³-hybridized carbons (Fsp3) is 0.909. The van der Waals surface area contributed by atoms with Crippen molar-refractivity contribution in [2.45, 2.75) is 111 Å². The molecule has 4 nitrogen and oxygen atoms in total. The Morgan fingerprint density at radius 2 is 1.50 bits per heavy atom. The van der Waals surface area contributed by atoms with Crippen molar-refractivity contribution in [2.75, 3.05) is 0 Å². The summed E-state index contributed by atoms with van der Waals surface area (Å²) in [7, 11) is 0. The highest BCUT2D eigenvalue weighted by Gasteiger charge is 2.41. The summed E-state index contributed by atoms with van der Waals surface area (Å²) in [6, 6.07) is 0. The van der Waals surface area contributed by atoms with Gasteiger partial charge in [0.1, 0.15) is 0 Å². The molecule has 0 heterocycles. The molecule has 0 saturated heterocycles. The minimum atomic E-state index is -3.86. The first-order chi connectivity index (χ1) is 15.4. The van der Waals surface area contributed by atoms with Crippen LogP contribution in [0.1, 0.15) is 122 Å². The van der Waals surface area contributed by atoms with Crippen LogP contribution in [-0.2, 0) is 9.59 Å². The lowest BCUT2D eigenvalue weighted by Crippen LogP contribution is -2.36. The number of carbonyl (C=O) groups is 2. The number of aliphatic carboxylic acids is 2. The maximum atomic E-state index is 13.0. The molecule has 0 spiro atoms. The topological polar surface area (TPSA) is 74.6 Å². The van der Waals surface area contributed by atoms with E-state index in [4.69, 9.17) is 11.0 Å². The van der Waals surface area contributed by atoms with Gasteiger partial charge in [-0.25, -0.2) is 0 Å². The van der Waals surface area contributed by atoms with Gasteiger partial charge in [-0.15, -0.1) is 0 Å². The van der Waals surface area contributed by atoms with E-state index in [1.54, 1.807) is 13.8 Å². The molecule has 0 aliphatic heterocycles. The molecule has 0 saturated carbocycles.